The quantitative estimate of drug-likeness (QED) is 0.789. The molecule has 3 atom stereocenters. The van der Waals surface area contributed by atoms with Gasteiger partial charge in [-0.05, 0) is 56.0 Å². The topological polar surface area (TPSA) is 15.3 Å². The average Bonchev–Trinajstić information content (AvgIpc) is 2.46. The number of hydrogen-bond donors (Lipinski definition) is 1. The van der Waals surface area contributed by atoms with Crippen molar-refractivity contribution in [3.63, 3.8) is 0 Å². The van der Waals surface area contributed by atoms with Gasteiger partial charge in [0.05, 0.1) is 0 Å². The van der Waals surface area contributed by atoms with Gasteiger partial charge in [-0.3, -0.25) is 0 Å². The molecule has 1 N–H and O–H groups in total. The predicted molar refractivity (Wildman–Crippen MR) is 96.1 cm³/mol. The van der Waals surface area contributed by atoms with Crippen LogP contribution in [0.2, 0.25) is 0 Å². The van der Waals surface area contributed by atoms with Gasteiger partial charge >= 0.3 is 0 Å². The molecule has 0 amide bonds. The maximum absolute atomic E-state index is 3.62. The number of benzene rings is 1. The van der Waals surface area contributed by atoms with Gasteiger partial charge in [0.2, 0.25) is 0 Å². The van der Waals surface area contributed by atoms with E-state index in [-0.39, 0.29) is 0 Å². The second-order valence-electron chi connectivity index (χ2n) is 6.52. The van der Waals surface area contributed by atoms with E-state index < -0.39 is 0 Å². The van der Waals surface area contributed by atoms with Crippen molar-refractivity contribution in [3.05, 3.63) is 28.2 Å². The Labute approximate surface area is 138 Å². The van der Waals surface area contributed by atoms with Crippen LogP contribution < -0.4 is 10.2 Å². The van der Waals surface area contributed by atoms with Crippen LogP contribution in [0.25, 0.3) is 0 Å². The predicted octanol–water partition coefficient (Wildman–Crippen LogP) is 5.13. The van der Waals surface area contributed by atoms with Gasteiger partial charge in [-0.1, -0.05) is 42.6 Å². The molecule has 0 aromatic heterocycles. The second-order valence-corrected chi connectivity index (χ2v) is 7.43. The summed E-state index contributed by atoms with van der Waals surface area (Å²) >= 11 is 3.62. The number of nitrogens with one attached hydrogen (secondary N) is 1. The van der Waals surface area contributed by atoms with E-state index in [1.807, 2.05) is 0 Å². The largest absolute Gasteiger partial charge is 0.371 e. The minimum Gasteiger partial charge on any atom is -0.371 e. The maximum atomic E-state index is 3.62. The first-order valence-electron chi connectivity index (χ1n) is 8.28. The fourth-order valence-corrected chi connectivity index (χ4v) is 3.94. The number of anilines is 1. The minimum absolute atomic E-state index is 0.381. The highest BCUT2D eigenvalue weighted by Gasteiger charge is 2.24. The standard InChI is InChI=1S/C18H29BrN2/c1-5-20-14(3)17-12-15(19)9-10-18(17)21(4)16-8-6-7-13(2)11-16/h9-10,12-14,16,20H,5-8,11H2,1-4H3. The van der Waals surface area contributed by atoms with Gasteiger partial charge in [-0.25, -0.2) is 0 Å². The van der Waals surface area contributed by atoms with Crippen LogP contribution in [-0.4, -0.2) is 19.6 Å². The summed E-state index contributed by atoms with van der Waals surface area (Å²) in [6, 6.07) is 7.77. The van der Waals surface area contributed by atoms with E-state index in [2.05, 4.69) is 72.2 Å². The van der Waals surface area contributed by atoms with Gasteiger partial charge in [0.15, 0.2) is 0 Å². The molecule has 2 rings (SSSR count). The summed E-state index contributed by atoms with van der Waals surface area (Å²) in [7, 11) is 2.27. The molecule has 1 saturated carbocycles. The van der Waals surface area contributed by atoms with Crippen molar-refractivity contribution >= 4 is 21.6 Å². The van der Waals surface area contributed by atoms with Crippen LogP contribution in [0.5, 0.6) is 0 Å². The van der Waals surface area contributed by atoms with E-state index in [0.29, 0.717) is 12.1 Å². The second kappa shape index (κ2) is 7.64. The summed E-state index contributed by atoms with van der Waals surface area (Å²) < 4.78 is 1.16. The number of hydrogen-bond acceptors (Lipinski definition) is 2. The van der Waals surface area contributed by atoms with Crippen molar-refractivity contribution in [1.29, 1.82) is 0 Å². The first kappa shape index (κ1) is 16.8. The molecule has 1 aliphatic carbocycles. The van der Waals surface area contributed by atoms with Gasteiger partial charge in [0.1, 0.15) is 0 Å². The van der Waals surface area contributed by atoms with E-state index in [1.54, 1.807) is 0 Å². The monoisotopic (exact) mass is 352 g/mol. The number of halogens is 1. The zero-order valence-electron chi connectivity index (χ0n) is 13.8. The van der Waals surface area contributed by atoms with Crippen molar-refractivity contribution in [1.82, 2.24) is 5.32 Å². The summed E-state index contributed by atoms with van der Waals surface area (Å²) in [5.74, 6) is 0.858. The molecule has 0 spiro atoms. The molecular formula is C18H29BrN2. The molecule has 21 heavy (non-hydrogen) atoms. The molecule has 1 aromatic rings. The Morgan fingerprint density at radius 3 is 2.81 bits per heavy atom. The molecule has 1 aliphatic rings. The molecule has 1 fully saturated rings. The first-order chi connectivity index (χ1) is 10.0. The maximum Gasteiger partial charge on any atom is 0.0415 e. The lowest BCUT2D eigenvalue weighted by Crippen LogP contribution is -2.36. The van der Waals surface area contributed by atoms with Crippen LogP contribution in [0, 0.1) is 5.92 Å². The molecule has 1 aromatic carbocycles. The molecule has 0 saturated heterocycles. The Morgan fingerprint density at radius 2 is 2.14 bits per heavy atom. The van der Waals surface area contributed by atoms with Gasteiger partial charge in [0, 0.05) is 29.3 Å². The summed E-state index contributed by atoms with van der Waals surface area (Å²) in [6.45, 7) is 7.81. The first-order valence-corrected chi connectivity index (χ1v) is 9.07. The van der Waals surface area contributed by atoms with E-state index in [0.717, 1.165) is 16.9 Å². The lowest BCUT2D eigenvalue weighted by molar-refractivity contribution is 0.336. The van der Waals surface area contributed by atoms with E-state index in [1.165, 1.54) is 36.9 Å². The van der Waals surface area contributed by atoms with Crippen molar-refractivity contribution in [2.75, 3.05) is 18.5 Å². The Bertz CT molecular complexity index is 461. The van der Waals surface area contributed by atoms with Crippen LogP contribution in [-0.2, 0) is 0 Å². The molecular weight excluding hydrogens is 324 g/mol. The summed E-state index contributed by atoms with van der Waals surface area (Å²) in [6.07, 6.45) is 5.41. The highest BCUT2D eigenvalue weighted by Crippen LogP contribution is 2.34. The SMILES string of the molecule is CCNC(C)c1cc(Br)ccc1N(C)C1CCCC(C)C1. The Hall–Kier alpha value is -0.540. The lowest BCUT2D eigenvalue weighted by Gasteiger charge is -2.37. The van der Waals surface area contributed by atoms with Crippen molar-refractivity contribution < 1.29 is 0 Å². The van der Waals surface area contributed by atoms with Gasteiger partial charge in [-0.2, -0.15) is 0 Å². The molecule has 3 heteroatoms. The third kappa shape index (κ3) is 4.23. The minimum atomic E-state index is 0.381. The van der Waals surface area contributed by atoms with Crippen LogP contribution >= 0.6 is 15.9 Å². The highest BCUT2D eigenvalue weighted by molar-refractivity contribution is 9.10. The van der Waals surface area contributed by atoms with Crippen LogP contribution in [0.15, 0.2) is 22.7 Å². The molecule has 0 heterocycles. The normalized spacial score (nSPS) is 23.9. The highest BCUT2D eigenvalue weighted by atomic mass is 79.9. The Balaban J connectivity index is 2.24. The van der Waals surface area contributed by atoms with Crippen LogP contribution in [0.4, 0.5) is 5.69 Å². The molecule has 118 valence electrons. The summed E-state index contributed by atoms with van der Waals surface area (Å²) in [4.78, 5) is 2.52. The van der Waals surface area contributed by atoms with Gasteiger partial charge in [-0.15, -0.1) is 0 Å². The van der Waals surface area contributed by atoms with E-state index >= 15 is 0 Å². The number of rotatable bonds is 5. The van der Waals surface area contributed by atoms with Crippen molar-refractivity contribution in [2.45, 2.75) is 58.5 Å². The third-order valence-corrected chi connectivity index (χ3v) is 5.30. The lowest BCUT2D eigenvalue weighted by atomic mass is 9.86. The molecule has 2 nitrogen and oxygen atoms in total. The summed E-state index contributed by atoms with van der Waals surface area (Å²) in [5, 5.41) is 3.55. The molecule has 0 radical (unpaired) electrons. The molecule has 0 bridgehead atoms. The fourth-order valence-electron chi connectivity index (χ4n) is 3.56. The number of nitrogens with zero attached hydrogens (tertiary/aromatic N) is 1. The van der Waals surface area contributed by atoms with Crippen LogP contribution in [0.1, 0.15) is 58.1 Å². The smallest absolute Gasteiger partial charge is 0.0415 e. The zero-order chi connectivity index (χ0) is 15.4. The Morgan fingerprint density at radius 1 is 1.38 bits per heavy atom. The Kier molecular flexibility index (Phi) is 6.12. The van der Waals surface area contributed by atoms with E-state index in [9.17, 15) is 0 Å². The van der Waals surface area contributed by atoms with Gasteiger partial charge < -0.3 is 10.2 Å². The zero-order valence-corrected chi connectivity index (χ0v) is 15.4. The van der Waals surface area contributed by atoms with E-state index in [4.69, 9.17) is 0 Å². The molecule has 3 unspecified atom stereocenters. The summed E-state index contributed by atoms with van der Waals surface area (Å²) in [5.41, 5.74) is 2.78. The van der Waals surface area contributed by atoms with Crippen LogP contribution in [0.3, 0.4) is 0 Å². The van der Waals surface area contributed by atoms with Crippen molar-refractivity contribution in [2.24, 2.45) is 5.92 Å². The fraction of sp³-hybridized carbons (Fsp3) is 0.667. The molecule has 0 aliphatic heterocycles. The van der Waals surface area contributed by atoms with Crippen molar-refractivity contribution in [3.8, 4) is 0 Å². The van der Waals surface area contributed by atoms with Gasteiger partial charge in [0.25, 0.3) is 0 Å². The third-order valence-electron chi connectivity index (χ3n) is 4.80. The average molecular weight is 353 g/mol.